The highest BCUT2D eigenvalue weighted by atomic mass is 31.3. The van der Waals surface area contributed by atoms with E-state index in [9.17, 15) is 44.4 Å². The van der Waals surface area contributed by atoms with Crippen LogP contribution in [0.4, 0.5) is 5.82 Å². The average Bonchev–Trinajstić information content (AvgIpc) is 3.42. The first-order valence-electron chi connectivity index (χ1n) is 10.1. The maximum Gasteiger partial charge on any atom is 0.481 e. The van der Waals surface area contributed by atoms with E-state index in [2.05, 4.69) is 28.3 Å². The summed E-state index contributed by atoms with van der Waals surface area (Å²) in [6.07, 6.45) is -10.1. The molecule has 4 rings (SSSR count). The summed E-state index contributed by atoms with van der Waals surface area (Å²) in [5.41, 5.74) is 6.09. The maximum atomic E-state index is 12.2. The predicted octanol–water partition coefficient (Wildman–Crippen LogP) is -3.28. The van der Waals surface area contributed by atoms with Crippen LogP contribution in [-0.4, -0.2) is 111 Å². The summed E-state index contributed by atoms with van der Waals surface area (Å²) in [6, 6.07) is 0. The van der Waals surface area contributed by atoms with Gasteiger partial charge in [-0.1, -0.05) is 0 Å². The number of anilines is 1. The smallest absolute Gasteiger partial charge is 0.387 e. The Bertz CT molecular complexity index is 1180. The van der Waals surface area contributed by atoms with Crippen LogP contribution in [0.1, 0.15) is 6.23 Å². The van der Waals surface area contributed by atoms with E-state index in [0.29, 0.717) is 0 Å². The lowest BCUT2D eigenvalue weighted by Gasteiger charge is -2.20. The molecule has 0 radical (unpaired) electrons. The Hall–Kier alpha value is -1.67. The van der Waals surface area contributed by atoms with E-state index in [0.717, 1.165) is 6.33 Å². The zero-order valence-corrected chi connectivity index (χ0v) is 19.7. The van der Waals surface area contributed by atoms with Gasteiger partial charge >= 0.3 is 15.6 Å². The topological polar surface area (TPSA) is 292 Å². The second kappa shape index (κ2) is 10.2. The van der Waals surface area contributed by atoms with Crippen molar-refractivity contribution in [2.45, 2.75) is 49.1 Å². The molecule has 2 aromatic rings. The van der Waals surface area contributed by atoms with E-state index in [4.69, 9.17) is 15.2 Å². The summed E-state index contributed by atoms with van der Waals surface area (Å²) < 4.78 is 48.8. The van der Waals surface area contributed by atoms with Crippen LogP contribution in [0.2, 0.25) is 0 Å². The summed E-state index contributed by atoms with van der Waals surface area (Å²) in [5.74, 6) is 0.0575. The van der Waals surface area contributed by atoms with Crippen LogP contribution in [0.3, 0.4) is 0 Å². The summed E-state index contributed by atoms with van der Waals surface area (Å²) in [7, 11) is -10.6. The van der Waals surface area contributed by atoms with Crippen molar-refractivity contribution in [1.29, 1.82) is 0 Å². The lowest BCUT2D eigenvalue weighted by atomic mass is 10.1. The number of hydrogen-bond acceptors (Lipinski definition) is 16. The number of aromatic nitrogens is 4. The van der Waals surface area contributed by atoms with E-state index in [-0.39, 0.29) is 17.0 Å². The highest BCUT2D eigenvalue weighted by Gasteiger charge is 2.47. The number of aliphatic hydroxyl groups is 5. The quantitative estimate of drug-likeness (QED) is 0.140. The molecule has 36 heavy (non-hydrogen) atoms. The van der Waals surface area contributed by atoms with Crippen molar-refractivity contribution < 1.29 is 67.3 Å². The van der Waals surface area contributed by atoms with E-state index in [1.165, 1.54) is 10.9 Å². The minimum absolute atomic E-state index is 0.0575. The molecule has 2 saturated heterocycles. The predicted molar refractivity (Wildman–Crippen MR) is 111 cm³/mol. The van der Waals surface area contributed by atoms with Gasteiger partial charge in [-0.15, -0.1) is 0 Å². The van der Waals surface area contributed by atoms with Gasteiger partial charge in [0.1, 0.15) is 48.5 Å². The van der Waals surface area contributed by atoms with Crippen LogP contribution < -0.4 is 5.73 Å². The second-order valence-electron chi connectivity index (χ2n) is 7.79. The molecule has 0 aromatic carbocycles. The number of hydrogen-bond donors (Lipinski definition) is 8. The largest absolute Gasteiger partial charge is 0.481 e. The van der Waals surface area contributed by atoms with Crippen molar-refractivity contribution in [2.75, 3.05) is 18.9 Å². The molecule has 0 saturated carbocycles. The van der Waals surface area contributed by atoms with Crippen molar-refractivity contribution in [2.24, 2.45) is 0 Å². The fourth-order valence-corrected chi connectivity index (χ4v) is 5.62. The van der Waals surface area contributed by atoms with Gasteiger partial charge in [-0.3, -0.25) is 13.6 Å². The van der Waals surface area contributed by atoms with Crippen molar-refractivity contribution >= 4 is 32.6 Å². The zero-order valence-electron chi connectivity index (χ0n) is 17.9. The molecular formula is C15H23N5O14P2. The number of fused-ring (bicyclic) bond motifs is 1. The van der Waals surface area contributed by atoms with E-state index >= 15 is 0 Å². The van der Waals surface area contributed by atoms with Gasteiger partial charge in [0.15, 0.2) is 24.0 Å². The fourth-order valence-electron chi connectivity index (χ4n) is 3.53. The monoisotopic (exact) mass is 559 g/mol. The SMILES string of the molecule is Nc1ncnc2c1ncn2[C@@H]1OC(COP(=O)(O)OP(=O)(O)OC[C@@H]2OC(O)[C@@H](O)[C@H]2O)[C@@H](O)[C@H]1O. The molecule has 2 fully saturated rings. The Morgan fingerprint density at radius 1 is 0.889 bits per heavy atom. The molecule has 0 spiro atoms. The van der Waals surface area contributed by atoms with Crippen LogP contribution in [0.5, 0.6) is 0 Å². The van der Waals surface area contributed by atoms with Gasteiger partial charge in [-0.2, -0.15) is 4.31 Å². The van der Waals surface area contributed by atoms with Gasteiger partial charge < -0.3 is 50.5 Å². The first kappa shape index (κ1) is 27.4. The lowest BCUT2D eigenvalue weighted by Crippen LogP contribution is -2.34. The van der Waals surface area contributed by atoms with Crippen LogP contribution in [0, 0.1) is 0 Å². The Balaban J connectivity index is 1.34. The Kier molecular flexibility index (Phi) is 7.78. The second-order valence-corrected chi connectivity index (χ2v) is 10.8. The van der Waals surface area contributed by atoms with E-state index in [1.807, 2.05) is 0 Å². The first-order chi connectivity index (χ1) is 16.8. The maximum absolute atomic E-state index is 12.2. The summed E-state index contributed by atoms with van der Waals surface area (Å²) in [6.45, 7) is -1.79. The number of phosphoric ester groups is 2. The number of aliphatic hydroxyl groups excluding tert-OH is 5. The number of nitrogens with zero attached hydrogens (tertiary/aromatic N) is 4. The standard InChI is InChI=1S/C15H23N5O14P2/c16-12-7-13(18-3-17-12)20(4-19-7)14-10(23)8(21)5(32-14)1-30-35(26,27)34-36(28,29)31-2-6-9(22)11(24)15(25)33-6/h3-6,8-11,14-15,21-25H,1-2H2,(H,26,27)(H,28,29)(H2,16,17,18)/t5?,6-,8+,9-,10+,11-,14+,15?/m0/s1. The van der Waals surface area contributed by atoms with Gasteiger partial charge in [-0.25, -0.2) is 24.1 Å². The molecule has 202 valence electrons. The number of nitrogens with two attached hydrogens (primary N) is 1. The number of imidazole rings is 1. The molecule has 2 aliphatic heterocycles. The molecule has 0 aliphatic carbocycles. The zero-order chi connectivity index (χ0) is 26.4. The van der Waals surface area contributed by atoms with Gasteiger partial charge in [0, 0.05) is 0 Å². The highest BCUT2D eigenvalue weighted by molar-refractivity contribution is 7.61. The van der Waals surface area contributed by atoms with Gasteiger partial charge in [0.25, 0.3) is 0 Å². The highest BCUT2D eigenvalue weighted by Crippen LogP contribution is 2.60. The van der Waals surface area contributed by atoms with Gasteiger partial charge in [0.05, 0.1) is 19.5 Å². The van der Waals surface area contributed by atoms with Crippen LogP contribution in [0.25, 0.3) is 11.2 Å². The molecule has 4 heterocycles. The molecular weight excluding hydrogens is 536 g/mol. The van der Waals surface area contributed by atoms with Crippen molar-refractivity contribution in [3.8, 4) is 0 Å². The van der Waals surface area contributed by atoms with Gasteiger partial charge in [-0.05, 0) is 0 Å². The summed E-state index contributed by atoms with van der Waals surface area (Å²) >= 11 is 0. The molecule has 0 bridgehead atoms. The van der Waals surface area contributed by atoms with E-state index < -0.39 is 78.0 Å². The third-order valence-electron chi connectivity index (χ3n) is 5.35. The van der Waals surface area contributed by atoms with Crippen molar-refractivity contribution in [3.05, 3.63) is 12.7 Å². The summed E-state index contributed by atoms with van der Waals surface area (Å²) in [4.78, 5) is 31.3. The Morgan fingerprint density at radius 2 is 1.47 bits per heavy atom. The Morgan fingerprint density at radius 3 is 2.06 bits per heavy atom. The molecule has 0 amide bonds. The van der Waals surface area contributed by atoms with E-state index in [1.54, 1.807) is 0 Å². The van der Waals surface area contributed by atoms with Crippen LogP contribution in [0.15, 0.2) is 12.7 Å². The molecule has 19 nitrogen and oxygen atoms in total. The third kappa shape index (κ3) is 5.59. The number of rotatable bonds is 9. The lowest BCUT2D eigenvalue weighted by molar-refractivity contribution is -0.132. The molecule has 2 aromatic heterocycles. The average molecular weight is 559 g/mol. The minimum Gasteiger partial charge on any atom is -0.387 e. The third-order valence-corrected chi connectivity index (χ3v) is 7.95. The molecule has 10 atom stereocenters. The number of nitrogen functional groups attached to an aromatic ring is 1. The molecule has 2 aliphatic rings. The van der Waals surface area contributed by atoms with Crippen molar-refractivity contribution in [1.82, 2.24) is 19.5 Å². The molecule has 9 N–H and O–H groups in total. The minimum atomic E-state index is -5.31. The fraction of sp³-hybridized carbons (Fsp3) is 0.667. The molecule has 4 unspecified atom stereocenters. The van der Waals surface area contributed by atoms with Gasteiger partial charge in [0.2, 0.25) is 0 Å². The Labute approximate surface area is 200 Å². The number of ether oxygens (including phenoxy) is 2. The summed E-state index contributed by atoms with van der Waals surface area (Å²) in [5, 5.41) is 49.0. The first-order valence-corrected chi connectivity index (χ1v) is 13.1. The normalized spacial score (nSPS) is 36.2. The number of phosphoric acid groups is 2. The van der Waals surface area contributed by atoms with Crippen LogP contribution in [-0.2, 0) is 32.0 Å². The molecule has 21 heteroatoms. The van der Waals surface area contributed by atoms with Crippen LogP contribution >= 0.6 is 15.6 Å². The van der Waals surface area contributed by atoms with Crippen molar-refractivity contribution in [3.63, 3.8) is 0 Å².